The van der Waals surface area contributed by atoms with E-state index in [1.54, 1.807) is 31.4 Å². The van der Waals surface area contributed by atoms with Crippen LogP contribution in [0.1, 0.15) is 32.1 Å². The average molecular weight is 411 g/mol. The van der Waals surface area contributed by atoms with Gasteiger partial charge in [-0.15, -0.1) is 5.10 Å². The van der Waals surface area contributed by atoms with E-state index in [1.807, 2.05) is 12.1 Å². The average Bonchev–Trinajstić information content (AvgIpc) is 3.21. The summed E-state index contributed by atoms with van der Waals surface area (Å²) in [6, 6.07) is 12.0. The summed E-state index contributed by atoms with van der Waals surface area (Å²) in [6.45, 7) is 0.225. The first-order chi connectivity index (χ1) is 14.5. The molecule has 0 bridgehead atoms. The SMILES string of the molecule is COC(=O)c1nnn(Cc2ccc(OC)cc2)c1C(=O)c1ccc(OC)c(OC)c1. The maximum Gasteiger partial charge on any atom is 0.361 e. The summed E-state index contributed by atoms with van der Waals surface area (Å²) in [7, 11) is 5.77. The van der Waals surface area contributed by atoms with Gasteiger partial charge in [-0.2, -0.15) is 0 Å². The first kappa shape index (κ1) is 20.8. The second-order valence-electron chi connectivity index (χ2n) is 6.18. The van der Waals surface area contributed by atoms with Gasteiger partial charge in [-0.1, -0.05) is 17.3 Å². The summed E-state index contributed by atoms with van der Waals surface area (Å²) in [6.07, 6.45) is 0. The Kier molecular flexibility index (Phi) is 6.31. The molecule has 0 N–H and O–H groups in total. The van der Waals surface area contributed by atoms with Gasteiger partial charge in [-0.3, -0.25) is 4.79 Å². The summed E-state index contributed by atoms with van der Waals surface area (Å²) < 4.78 is 21.8. The molecule has 0 aliphatic heterocycles. The zero-order chi connectivity index (χ0) is 21.7. The highest BCUT2D eigenvalue weighted by Gasteiger charge is 2.27. The van der Waals surface area contributed by atoms with E-state index in [1.165, 1.54) is 32.1 Å². The van der Waals surface area contributed by atoms with Gasteiger partial charge < -0.3 is 18.9 Å². The number of carbonyl (C=O) groups is 2. The standard InChI is InChI=1S/C21H21N3O6/c1-27-15-8-5-13(6-9-15)12-24-19(18(22-23-24)21(26)30-4)20(25)14-7-10-16(28-2)17(11-14)29-3/h5-11H,12H2,1-4H3. The van der Waals surface area contributed by atoms with Crippen LogP contribution in [0.15, 0.2) is 42.5 Å². The van der Waals surface area contributed by atoms with Gasteiger partial charge in [-0.25, -0.2) is 9.48 Å². The molecule has 0 unspecified atom stereocenters. The van der Waals surface area contributed by atoms with Gasteiger partial charge in [0.1, 0.15) is 11.4 Å². The molecule has 0 aliphatic rings. The molecule has 1 heterocycles. The number of methoxy groups -OCH3 is 4. The molecule has 0 atom stereocenters. The third-order valence-electron chi connectivity index (χ3n) is 4.47. The first-order valence-corrected chi connectivity index (χ1v) is 8.93. The van der Waals surface area contributed by atoms with Crippen LogP contribution in [0.4, 0.5) is 0 Å². The van der Waals surface area contributed by atoms with E-state index < -0.39 is 11.8 Å². The Balaban J connectivity index is 2.03. The molecule has 0 radical (unpaired) electrons. The molecule has 0 fully saturated rings. The normalized spacial score (nSPS) is 10.4. The minimum absolute atomic E-state index is 0.0184. The van der Waals surface area contributed by atoms with Crippen molar-refractivity contribution >= 4 is 11.8 Å². The Morgan fingerprint density at radius 2 is 1.60 bits per heavy atom. The Hall–Kier alpha value is -3.88. The highest BCUT2D eigenvalue weighted by atomic mass is 16.5. The lowest BCUT2D eigenvalue weighted by Crippen LogP contribution is -2.17. The second-order valence-corrected chi connectivity index (χ2v) is 6.18. The maximum atomic E-state index is 13.3. The molecule has 2 aromatic carbocycles. The van der Waals surface area contributed by atoms with Crippen molar-refractivity contribution in [2.75, 3.05) is 28.4 Å². The fraction of sp³-hybridized carbons (Fsp3) is 0.238. The summed E-state index contributed by atoms with van der Waals surface area (Å²) in [5, 5.41) is 7.88. The van der Waals surface area contributed by atoms with E-state index >= 15 is 0 Å². The topological polar surface area (TPSA) is 102 Å². The van der Waals surface area contributed by atoms with Crippen molar-refractivity contribution in [1.82, 2.24) is 15.0 Å². The van der Waals surface area contributed by atoms with E-state index in [0.29, 0.717) is 17.2 Å². The van der Waals surface area contributed by atoms with Crippen LogP contribution in [0.25, 0.3) is 0 Å². The molecular weight excluding hydrogens is 390 g/mol. The van der Waals surface area contributed by atoms with Crippen LogP contribution in [-0.2, 0) is 11.3 Å². The van der Waals surface area contributed by atoms with Gasteiger partial charge in [0.05, 0.1) is 35.0 Å². The highest BCUT2D eigenvalue weighted by molar-refractivity contribution is 6.13. The number of hydrogen-bond donors (Lipinski definition) is 0. The Morgan fingerprint density at radius 3 is 2.20 bits per heavy atom. The number of esters is 1. The van der Waals surface area contributed by atoms with Crippen molar-refractivity contribution in [3.63, 3.8) is 0 Å². The molecule has 0 saturated carbocycles. The highest BCUT2D eigenvalue weighted by Crippen LogP contribution is 2.29. The van der Waals surface area contributed by atoms with Gasteiger partial charge in [0.15, 0.2) is 11.5 Å². The van der Waals surface area contributed by atoms with Crippen molar-refractivity contribution in [1.29, 1.82) is 0 Å². The number of ether oxygens (including phenoxy) is 4. The van der Waals surface area contributed by atoms with Crippen LogP contribution < -0.4 is 14.2 Å². The van der Waals surface area contributed by atoms with Crippen LogP contribution in [0.2, 0.25) is 0 Å². The van der Waals surface area contributed by atoms with Crippen LogP contribution in [0, 0.1) is 0 Å². The van der Waals surface area contributed by atoms with E-state index in [-0.39, 0.29) is 23.5 Å². The van der Waals surface area contributed by atoms with Crippen LogP contribution in [0.5, 0.6) is 17.2 Å². The van der Waals surface area contributed by atoms with Crippen molar-refractivity contribution in [3.8, 4) is 17.2 Å². The molecule has 1 aromatic heterocycles. The predicted molar refractivity (Wildman–Crippen MR) is 106 cm³/mol. The predicted octanol–water partition coefficient (Wildman–Crippen LogP) is 2.37. The third kappa shape index (κ3) is 4.09. The zero-order valence-corrected chi connectivity index (χ0v) is 17.0. The first-order valence-electron chi connectivity index (χ1n) is 8.93. The minimum atomic E-state index is -0.750. The van der Waals surface area contributed by atoms with Crippen LogP contribution in [-0.4, -0.2) is 55.2 Å². The molecule has 0 aliphatic carbocycles. The second kappa shape index (κ2) is 9.08. The monoisotopic (exact) mass is 411 g/mol. The number of rotatable bonds is 8. The van der Waals surface area contributed by atoms with Gasteiger partial charge in [0.2, 0.25) is 11.5 Å². The Bertz CT molecular complexity index is 1060. The molecule has 3 aromatic rings. The molecule has 30 heavy (non-hydrogen) atoms. The fourth-order valence-electron chi connectivity index (χ4n) is 2.90. The third-order valence-corrected chi connectivity index (χ3v) is 4.47. The fourth-order valence-corrected chi connectivity index (χ4v) is 2.90. The van der Waals surface area contributed by atoms with Gasteiger partial charge in [-0.05, 0) is 35.9 Å². The number of benzene rings is 2. The lowest BCUT2D eigenvalue weighted by molar-refractivity contribution is 0.0590. The Labute approximate surface area is 173 Å². The molecular formula is C21H21N3O6. The number of nitrogens with zero attached hydrogens (tertiary/aromatic N) is 3. The van der Waals surface area contributed by atoms with E-state index in [0.717, 1.165) is 5.56 Å². The van der Waals surface area contributed by atoms with Gasteiger partial charge in [0.25, 0.3) is 0 Å². The summed E-state index contributed by atoms with van der Waals surface area (Å²) in [5.41, 5.74) is 0.991. The van der Waals surface area contributed by atoms with Crippen molar-refractivity contribution < 1.29 is 28.5 Å². The lowest BCUT2D eigenvalue weighted by Gasteiger charge is -2.11. The molecule has 9 nitrogen and oxygen atoms in total. The number of hydrogen-bond acceptors (Lipinski definition) is 8. The molecule has 0 saturated heterocycles. The van der Waals surface area contributed by atoms with Crippen molar-refractivity contribution in [2.45, 2.75) is 6.54 Å². The van der Waals surface area contributed by atoms with Gasteiger partial charge >= 0.3 is 5.97 Å². The quantitative estimate of drug-likeness (QED) is 0.411. The van der Waals surface area contributed by atoms with E-state index in [4.69, 9.17) is 18.9 Å². The molecule has 156 valence electrons. The van der Waals surface area contributed by atoms with Crippen LogP contribution in [0.3, 0.4) is 0 Å². The smallest absolute Gasteiger partial charge is 0.361 e. The molecule has 9 heteroatoms. The summed E-state index contributed by atoms with van der Waals surface area (Å²) in [5.74, 6) is 0.369. The van der Waals surface area contributed by atoms with E-state index in [2.05, 4.69) is 10.3 Å². The zero-order valence-electron chi connectivity index (χ0n) is 17.0. The summed E-state index contributed by atoms with van der Waals surface area (Å²) >= 11 is 0. The number of ketones is 1. The van der Waals surface area contributed by atoms with Gasteiger partial charge in [0, 0.05) is 5.56 Å². The molecule has 0 amide bonds. The van der Waals surface area contributed by atoms with E-state index in [9.17, 15) is 9.59 Å². The number of carbonyl (C=O) groups excluding carboxylic acids is 2. The van der Waals surface area contributed by atoms with Crippen molar-refractivity contribution in [3.05, 3.63) is 65.0 Å². The van der Waals surface area contributed by atoms with Crippen LogP contribution >= 0.6 is 0 Å². The maximum absolute atomic E-state index is 13.3. The van der Waals surface area contributed by atoms with Crippen molar-refractivity contribution in [2.24, 2.45) is 0 Å². The summed E-state index contributed by atoms with van der Waals surface area (Å²) in [4.78, 5) is 25.5. The Morgan fingerprint density at radius 1 is 0.900 bits per heavy atom. The number of aromatic nitrogens is 3. The lowest BCUT2D eigenvalue weighted by atomic mass is 10.1. The molecule has 3 rings (SSSR count). The molecule has 0 spiro atoms. The largest absolute Gasteiger partial charge is 0.497 e. The minimum Gasteiger partial charge on any atom is -0.497 e.